The zero-order valence-corrected chi connectivity index (χ0v) is 14.4. The Morgan fingerprint density at radius 2 is 1.77 bits per heavy atom. The largest absolute Gasteiger partial charge is 0.493 e. The molecule has 0 aromatic heterocycles. The van der Waals surface area contributed by atoms with Crippen molar-refractivity contribution in [2.24, 2.45) is 5.92 Å². The number of methoxy groups -OCH3 is 2. The van der Waals surface area contributed by atoms with Crippen LogP contribution in [0.4, 0.5) is 0 Å². The summed E-state index contributed by atoms with van der Waals surface area (Å²) in [5.41, 5.74) is 0.921. The molecule has 4 heteroatoms. The van der Waals surface area contributed by atoms with Crippen molar-refractivity contribution in [3.05, 3.63) is 23.8 Å². The molecule has 0 bridgehead atoms. The minimum absolute atomic E-state index is 0.0456. The summed E-state index contributed by atoms with van der Waals surface area (Å²) >= 11 is 0. The highest BCUT2D eigenvalue weighted by atomic mass is 16.5. The molecule has 0 saturated carbocycles. The molecule has 0 saturated heterocycles. The van der Waals surface area contributed by atoms with Gasteiger partial charge in [0.15, 0.2) is 11.5 Å². The number of nitrogens with one attached hydrogen (secondary N) is 1. The summed E-state index contributed by atoms with van der Waals surface area (Å²) in [5, 5.41) is 3.06. The second-order valence-electron chi connectivity index (χ2n) is 6.16. The van der Waals surface area contributed by atoms with E-state index in [0.717, 1.165) is 24.3 Å². The Balaban J connectivity index is 2.47. The average molecular weight is 307 g/mol. The normalized spacial score (nSPS) is 12.1. The van der Waals surface area contributed by atoms with Gasteiger partial charge in [0, 0.05) is 6.04 Å². The second kappa shape index (κ2) is 9.34. The van der Waals surface area contributed by atoms with Gasteiger partial charge in [0.25, 0.3) is 0 Å². The lowest BCUT2D eigenvalue weighted by molar-refractivity contribution is -0.121. The molecule has 0 aliphatic rings. The summed E-state index contributed by atoms with van der Waals surface area (Å²) < 4.78 is 10.5. The molecule has 0 fully saturated rings. The Morgan fingerprint density at radius 1 is 1.09 bits per heavy atom. The number of hydrogen-bond donors (Lipinski definition) is 1. The molecule has 124 valence electrons. The Kier molecular flexibility index (Phi) is 7.78. The van der Waals surface area contributed by atoms with Crippen molar-refractivity contribution >= 4 is 5.91 Å². The Labute approximate surface area is 134 Å². The zero-order chi connectivity index (χ0) is 16.5. The van der Waals surface area contributed by atoms with Crippen molar-refractivity contribution in [1.82, 2.24) is 5.32 Å². The van der Waals surface area contributed by atoms with Crippen LogP contribution in [-0.4, -0.2) is 26.2 Å². The van der Waals surface area contributed by atoms with Crippen LogP contribution in [0.5, 0.6) is 11.5 Å². The number of benzene rings is 1. The second-order valence-corrected chi connectivity index (χ2v) is 6.16. The molecular formula is C18H29NO3. The van der Waals surface area contributed by atoms with Gasteiger partial charge in [-0.1, -0.05) is 32.8 Å². The first kappa shape index (κ1) is 18.3. The molecule has 0 unspecified atom stereocenters. The van der Waals surface area contributed by atoms with Gasteiger partial charge in [-0.3, -0.25) is 4.79 Å². The molecule has 1 aromatic carbocycles. The third-order valence-corrected chi connectivity index (χ3v) is 3.64. The molecule has 0 aliphatic heterocycles. The maximum atomic E-state index is 12.1. The molecule has 0 radical (unpaired) electrons. The molecule has 1 rings (SSSR count). The van der Waals surface area contributed by atoms with E-state index >= 15 is 0 Å². The molecule has 0 heterocycles. The number of carbonyl (C=O) groups is 1. The van der Waals surface area contributed by atoms with E-state index in [-0.39, 0.29) is 11.9 Å². The summed E-state index contributed by atoms with van der Waals surface area (Å²) in [5.74, 6) is 2.09. The minimum atomic E-state index is 0.0456. The molecule has 1 N–H and O–H groups in total. The van der Waals surface area contributed by atoms with E-state index < -0.39 is 0 Å². The summed E-state index contributed by atoms with van der Waals surface area (Å²) in [6, 6.07) is 5.78. The predicted molar refractivity (Wildman–Crippen MR) is 89.5 cm³/mol. The van der Waals surface area contributed by atoms with E-state index in [1.807, 2.05) is 18.2 Å². The first-order valence-electron chi connectivity index (χ1n) is 7.96. The lowest BCUT2D eigenvalue weighted by Crippen LogP contribution is -2.33. The molecular weight excluding hydrogens is 278 g/mol. The molecule has 1 aromatic rings. The smallest absolute Gasteiger partial charge is 0.224 e. The topological polar surface area (TPSA) is 47.6 Å². The van der Waals surface area contributed by atoms with Crippen molar-refractivity contribution in [2.75, 3.05) is 14.2 Å². The third-order valence-electron chi connectivity index (χ3n) is 3.64. The van der Waals surface area contributed by atoms with E-state index in [9.17, 15) is 4.79 Å². The van der Waals surface area contributed by atoms with Crippen LogP contribution >= 0.6 is 0 Å². The highest BCUT2D eigenvalue weighted by Gasteiger charge is 2.11. The molecule has 1 atom stereocenters. The van der Waals surface area contributed by atoms with Crippen LogP contribution in [0, 0.1) is 5.92 Å². The molecule has 4 nitrogen and oxygen atoms in total. The monoisotopic (exact) mass is 307 g/mol. The highest BCUT2D eigenvalue weighted by molar-refractivity contribution is 5.79. The predicted octanol–water partition coefficient (Wildman–Crippen LogP) is 3.58. The standard InChI is InChI=1S/C18H29NO3/c1-13(2)7-6-8-14(3)19-18(20)12-15-9-10-16(21-4)17(11-15)22-5/h9-11,13-14H,6-8,12H2,1-5H3,(H,19,20)/t14-/m0/s1. The van der Waals surface area contributed by atoms with Crippen molar-refractivity contribution in [3.63, 3.8) is 0 Å². The van der Waals surface area contributed by atoms with E-state index in [4.69, 9.17) is 9.47 Å². The van der Waals surface area contributed by atoms with E-state index in [1.54, 1.807) is 14.2 Å². The number of ether oxygens (including phenoxy) is 2. The van der Waals surface area contributed by atoms with Crippen molar-refractivity contribution in [3.8, 4) is 11.5 Å². The van der Waals surface area contributed by atoms with Crippen LogP contribution in [0.25, 0.3) is 0 Å². The van der Waals surface area contributed by atoms with Gasteiger partial charge < -0.3 is 14.8 Å². The van der Waals surface area contributed by atoms with Gasteiger partial charge in [0.1, 0.15) is 0 Å². The third kappa shape index (κ3) is 6.37. The highest BCUT2D eigenvalue weighted by Crippen LogP contribution is 2.27. The fourth-order valence-electron chi connectivity index (χ4n) is 2.41. The first-order chi connectivity index (χ1) is 10.5. The van der Waals surface area contributed by atoms with Gasteiger partial charge in [0.2, 0.25) is 5.91 Å². The van der Waals surface area contributed by atoms with Crippen LogP contribution in [0.15, 0.2) is 18.2 Å². The minimum Gasteiger partial charge on any atom is -0.493 e. The lowest BCUT2D eigenvalue weighted by atomic mass is 10.0. The molecule has 1 amide bonds. The van der Waals surface area contributed by atoms with Crippen LogP contribution < -0.4 is 14.8 Å². The van der Waals surface area contributed by atoms with Crippen LogP contribution in [0.2, 0.25) is 0 Å². The lowest BCUT2D eigenvalue weighted by Gasteiger charge is -2.15. The Bertz CT molecular complexity index is 471. The fourth-order valence-corrected chi connectivity index (χ4v) is 2.41. The van der Waals surface area contributed by atoms with Crippen LogP contribution in [0.1, 0.15) is 45.6 Å². The quantitative estimate of drug-likeness (QED) is 0.758. The first-order valence-corrected chi connectivity index (χ1v) is 7.96. The number of carbonyl (C=O) groups excluding carboxylic acids is 1. The van der Waals surface area contributed by atoms with E-state index in [1.165, 1.54) is 6.42 Å². The maximum Gasteiger partial charge on any atom is 0.224 e. The van der Waals surface area contributed by atoms with Crippen molar-refractivity contribution in [2.45, 2.75) is 52.5 Å². The summed E-state index contributed by atoms with van der Waals surface area (Å²) in [6.45, 7) is 6.51. The van der Waals surface area contributed by atoms with Gasteiger partial charge in [-0.05, 0) is 37.0 Å². The summed E-state index contributed by atoms with van der Waals surface area (Å²) in [6.07, 6.45) is 3.73. The number of amides is 1. The fraction of sp³-hybridized carbons (Fsp3) is 0.611. The summed E-state index contributed by atoms with van der Waals surface area (Å²) in [4.78, 5) is 12.1. The Morgan fingerprint density at radius 3 is 2.36 bits per heavy atom. The van der Waals surface area contributed by atoms with Gasteiger partial charge >= 0.3 is 0 Å². The SMILES string of the molecule is COc1ccc(CC(=O)N[C@@H](C)CCCC(C)C)cc1OC. The van der Waals surface area contributed by atoms with Crippen molar-refractivity contribution in [1.29, 1.82) is 0 Å². The van der Waals surface area contributed by atoms with Crippen molar-refractivity contribution < 1.29 is 14.3 Å². The maximum absolute atomic E-state index is 12.1. The van der Waals surface area contributed by atoms with E-state index in [2.05, 4.69) is 26.1 Å². The van der Waals surface area contributed by atoms with Gasteiger partial charge in [0.05, 0.1) is 20.6 Å². The van der Waals surface area contributed by atoms with Crippen LogP contribution in [-0.2, 0) is 11.2 Å². The zero-order valence-electron chi connectivity index (χ0n) is 14.4. The van der Waals surface area contributed by atoms with Gasteiger partial charge in [-0.25, -0.2) is 0 Å². The molecule has 0 spiro atoms. The number of rotatable bonds is 9. The average Bonchev–Trinajstić information content (AvgIpc) is 2.46. The summed E-state index contributed by atoms with van der Waals surface area (Å²) in [7, 11) is 3.20. The molecule has 0 aliphatic carbocycles. The Hall–Kier alpha value is -1.71. The van der Waals surface area contributed by atoms with Gasteiger partial charge in [-0.2, -0.15) is 0 Å². The van der Waals surface area contributed by atoms with E-state index in [0.29, 0.717) is 17.9 Å². The number of hydrogen-bond acceptors (Lipinski definition) is 3. The van der Waals surface area contributed by atoms with Crippen LogP contribution in [0.3, 0.4) is 0 Å². The molecule has 22 heavy (non-hydrogen) atoms. The van der Waals surface area contributed by atoms with Gasteiger partial charge in [-0.15, -0.1) is 0 Å².